The predicted octanol–water partition coefficient (Wildman–Crippen LogP) is 3.21. The summed E-state index contributed by atoms with van der Waals surface area (Å²) in [6.45, 7) is 3.90. The first-order valence-electron chi connectivity index (χ1n) is 6.97. The van der Waals surface area contributed by atoms with Gasteiger partial charge in [0.1, 0.15) is 11.6 Å². The van der Waals surface area contributed by atoms with E-state index in [1.807, 2.05) is 0 Å². The zero-order valence-electron chi connectivity index (χ0n) is 12.8. The predicted molar refractivity (Wildman–Crippen MR) is 87.2 cm³/mol. The van der Waals surface area contributed by atoms with Crippen LogP contribution in [0.3, 0.4) is 0 Å². The number of hydrogen-bond donors (Lipinski definition) is 0. The van der Waals surface area contributed by atoms with Crippen LogP contribution in [-0.4, -0.2) is 26.4 Å². The zero-order chi connectivity index (χ0) is 16.9. The molecule has 0 fully saturated rings. The third kappa shape index (κ3) is 4.18. The number of nitrogens with zero attached hydrogens (tertiary/aromatic N) is 1. The van der Waals surface area contributed by atoms with Crippen LogP contribution in [0.25, 0.3) is 0 Å². The molecule has 0 N–H and O–H groups in total. The van der Waals surface area contributed by atoms with Crippen molar-refractivity contribution in [3.63, 3.8) is 0 Å². The lowest BCUT2D eigenvalue weighted by Gasteiger charge is -2.21. The molecule has 0 aromatic heterocycles. The first-order valence-corrected chi connectivity index (χ1v) is 8.41. The topological polar surface area (TPSA) is 46.6 Å². The highest BCUT2D eigenvalue weighted by Gasteiger charge is 2.23. The van der Waals surface area contributed by atoms with Crippen molar-refractivity contribution in [3.8, 4) is 5.75 Å². The highest BCUT2D eigenvalue weighted by atomic mass is 32.2. The Hall–Kier alpha value is -2.18. The minimum Gasteiger partial charge on any atom is -0.497 e. The third-order valence-electron chi connectivity index (χ3n) is 3.30. The van der Waals surface area contributed by atoms with E-state index in [1.54, 1.807) is 24.3 Å². The molecule has 0 saturated carbocycles. The van der Waals surface area contributed by atoms with Crippen molar-refractivity contribution in [3.05, 3.63) is 72.6 Å². The second-order valence-electron chi connectivity index (χ2n) is 4.89. The monoisotopic (exact) mass is 335 g/mol. The standard InChI is InChI=1S/C17H18FNO3S/c1-3-12-19(13-14-4-6-15(18)7-5-14)23(20,21)17-10-8-16(22-2)9-11-17/h3-11H,1,12-13H2,2H3. The molecule has 0 radical (unpaired) electrons. The van der Waals surface area contributed by atoms with E-state index in [0.717, 1.165) is 0 Å². The second-order valence-corrected chi connectivity index (χ2v) is 6.83. The fourth-order valence-electron chi connectivity index (χ4n) is 2.08. The molecule has 0 aliphatic rings. The van der Waals surface area contributed by atoms with Gasteiger partial charge in [0.15, 0.2) is 0 Å². The zero-order valence-corrected chi connectivity index (χ0v) is 13.6. The van der Waals surface area contributed by atoms with Crippen molar-refractivity contribution in [2.45, 2.75) is 11.4 Å². The SMILES string of the molecule is C=CCN(Cc1ccc(F)cc1)S(=O)(=O)c1ccc(OC)cc1. The molecule has 2 aromatic rings. The molecule has 2 aromatic carbocycles. The molecule has 0 spiro atoms. The molecule has 122 valence electrons. The Morgan fingerprint density at radius 2 is 1.74 bits per heavy atom. The van der Waals surface area contributed by atoms with Crippen molar-refractivity contribution < 1.29 is 17.5 Å². The van der Waals surface area contributed by atoms with Crippen LogP contribution >= 0.6 is 0 Å². The van der Waals surface area contributed by atoms with Crippen molar-refractivity contribution in [1.82, 2.24) is 4.31 Å². The van der Waals surface area contributed by atoms with Gasteiger partial charge in [-0.1, -0.05) is 18.2 Å². The van der Waals surface area contributed by atoms with E-state index in [4.69, 9.17) is 4.74 Å². The summed E-state index contributed by atoms with van der Waals surface area (Å²) in [5.41, 5.74) is 0.699. The Balaban J connectivity index is 2.30. The minimum atomic E-state index is -3.68. The average molecular weight is 335 g/mol. The lowest BCUT2D eigenvalue weighted by molar-refractivity contribution is 0.414. The molecule has 23 heavy (non-hydrogen) atoms. The van der Waals surface area contributed by atoms with Crippen molar-refractivity contribution in [1.29, 1.82) is 0 Å². The lowest BCUT2D eigenvalue weighted by Crippen LogP contribution is -2.30. The number of hydrogen-bond acceptors (Lipinski definition) is 3. The summed E-state index contributed by atoms with van der Waals surface area (Å²) in [4.78, 5) is 0.169. The van der Waals surface area contributed by atoms with Gasteiger partial charge in [-0.05, 0) is 42.0 Å². The summed E-state index contributed by atoms with van der Waals surface area (Å²) in [5, 5.41) is 0. The van der Waals surface area contributed by atoms with Crippen LogP contribution in [0.2, 0.25) is 0 Å². The number of methoxy groups -OCH3 is 1. The van der Waals surface area contributed by atoms with Crippen LogP contribution in [0.1, 0.15) is 5.56 Å². The van der Waals surface area contributed by atoms with E-state index in [-0.39, 0.29) is 23.8 Å². The van der Waals surface area contributed by atoms with Crippen molar-refractivity contribution in [2.24, 2.45) is 0 Å². The van der Waals surface area contributed by atoms with Gasteiger partial charge in [0.25, 0.3) is 0 Å². The quantitative estimate of drug-likeness (QED) is 0.730. The summed E-state index contributed by atoms with van der Waals surface area (Å²) in [7, 11) is -2.17. The van der Waals surface area contributed by atoms with Crippen LogP contribution in [0, 0.1) is 5.82 Å². The van der Waals surface area contributed by atoms with Crippen LogP contribution in [0.15, 0.2) is 66.1 Å². The van der Waals surface area contributed by atoms with E-state index in [2.05, 4.69) is 6.58 Å². The van der Waals surface area contributed by atoms with Gasteiger partial charge in [0.05, 0.1) is 12.0 Å². The van der Waals surface area contributed by atoms with E-state index in [1.165, 1.54) is 41.8 Å². The van der Waals surface area contributed by atoms with E-state index < -0.39 is 10.0 Å². The van der Waals surface area contributed by atoms with Crippen LogP contribution in [0.5, 0.6) is 5.75 Å². The summed E-state index contributed by atoms with van der Waals surface area (Å²) >= 11 is 0. The van der Waals surface area contributed by atoms with Gasteiger partial charge >= 0.3 is 0 Å². The van der Waals surface area contributed by atoms with Gasteiger partial charge in [-0.25, -0.2) is 12.8 Å². The molecule has 4 nitrogen and oxygen atoms in total. The van der Waals surface area contributed by atoms with Gasteiger partial charge in [-0.3, -0.25) is 0 Å². The van der Waals surface area contributed by atoms with Crippen molar-refractivity contribution >= 4 is 10.0 Å². The first kappa shape index (κ1) is 17.2. The average Bonchev–Trinajstić information content (AvgIpc) is 2.56. The fraction of sp³-hybridized carbons (Fsp3) is 0.176. The summed E-state index contributed by atoms with van der Waals surface area (Å²) in [5.74, 6) is 0.222. The molecular weight excluding hydrogens is 317 g/mol. The van der Waals surface area contributed by atoms with Gasteiger partial charge in [0, 0.05) is 13.1 Å². The molecule has 0 amide bonds. The third-order valence-corrected chi connectivity index (χ3v) is 5.13. The molecular formula is C17H18FNO3S. The van der Waals surface area contributed by atoms with Gasteiger partial charge in [0.2, 0.25) is 10.0 Å². The second kappa shape index (κ2) is 7.39. The Bertz CT molecular complexity index is 755. The van der Waals surface area contributed by atoms with Gasteiger partial charge < -0.3 is 4.74 Å². The summed E-state index contributed by atoms with van der Waals surface area (Å²) in [6, 6.07) is 11.9. The van der Waals surface area contributed by atoms with E-state index in [0.29, 0.717) is 11.3 Å². The van der Waals surface area contributed by atoms with Gasteiger partial charge in [-0.2, -0.15) is 4.31 Å². The van der Waals surface area contributed by atoms with Crippen LogP contribution < -0.4 is 4.74 Å². The maximum Gasteiger partial charge on any atom is 0.243 e. The molecule has 0 heterocycles. The largest absolute Gasteiger partial charge is 0.497 e. The Kier molecular flexibility index (Phi) is 5.52. The first-order chi connectivity index (χ1) is 11.0. The highest BCUT2D eigenvalue weighted by Crippen LogP contribution is 2.21. The number of halogens is 1. The lowest BCUT2D eigenvalue weighted by atomic mass is 10.2. The molecule has 0 aliphatic carbocycles. The Morgan fingerprint density at radius 1 is 1.13 bits per heavy atom. The Labute approximate surface area is 135 Å². The number of rotatable bonds is 7. The molecule has 2 rings (SSSR count). The Morgan fingerprint density at radius 3 is 2.26 bits per heavy atom. The molecule has 0 bridgehead atoms. The normalized spacial score (nSPS) is 11.4. The van der Waals surface area contributed by atoms with E-state index in [9.17, 15) is 12.8 Å². The van der Waals surface area contributed by atoms with Crippen molar-refractivity contribution in [2.75, 3.05) is 13.7 Å². The van der Waals surface area contributed by atoms with E-state index >= 15 is 0 Å². The molecule has 6 heteroatoms. The number of sulfonamides is 1. The molecule has 0 unspecified atom stereocenters. The summed E-state index contributed by atoms with van der Waals surface area (Å²) in [6.07, 6.45) is 1.52. The number of benzene rings is 2. The highest BCUT2D eigenvalue weighted by molar-refractivity contribution is 7.89. The minimum absolute atomic E-state index is 0.140. The molecule has 0 atom stereocenters. The van der Waals surface area contributed by atoms with Crippen LogP contribution in [0.4, 0.5) is 4.39 Å². The summed E-state index contributed by atoms with van der Waals surface area (Å²) < 4.78 is 44.8. The molecule has 0 aliphatic heterocycles. The number of ether oxygens (including phenoxy) is 1. The maximum atomic E-state index is 13.0. The molecule has 0 saturated heterocycles. The van der Waals surface area contributed by atoms with Crippen LogP contribution in [-0.2, 0) is 16.6 Å². The fourth-order valence-corrected chi connectivity index (χ4v) is 3.48. The smallest absolute Gasteiger partial charge is 0.243 e. The van der Waals surface area contributed by atoms with Gasteiger partial charge in [-0.15, -0.1) is 6.58 Å². The maximum absolute atomic E-state index is 13.0.